The van der Waals surface area contributed by atoms with Gasteiger partial charge in [0.15, 0.2) is 0 Å². The van der Waals surface area contributed by atoms with Gasteiger partial charge in [0.2, 0.25) is 0 Å². The van der Waals surface area contributed by atoms with E-state index in [0.29, 0.717) is 0 Å². The second kappa shape index (κ2) is 1.83. The maximum atomic E-state index is 5.68. The molecule has 0 saturated heterocycles. The lowest BCUT2D eigenvalue weighted by Crippen LogP contribution is -2.03. The van der Waals surface area contributed by atoms with Crippen LogP contribution in [0.2, 0.25) is 0 Å². The zero-order valence-corrected chi connectivity index (χ0v) is 5.47. The van der Waals surface area contributed by atoms with Gasteiger partial charge in [-0.3, -0.25) is 0 Å². The van der Waals surface area contributed by atoms with Gasteiger partial charge in [-0.15, -0.1) is 23.2 Å². The summed E-state index contributed by atoms with van der Waals surface area (Å²) in [5.41, 5.74) is 0. The summed E-state index contributed by atoms with van der Waals surface area (Å²) in [4.78, 5) is 0. The first-order valence-electron chi connectivity index (χ1n) is 2.43. The van der Waals surface area contributed by atoms with Crippen molar-refractivity contribution in [1.82, 2.24) is 0 Å². The number of alkyl halides is 2. The van der Waals surface area contributed by atoms with Crippen molar-refractivity contribution in [2.24, 2.45) is 0 Å². The van der Waals surface area contributed by atoms with Crippen molar-refractivity contribution in [2.45, 2.75) is 23.6 Å². The number of hydrogen-bond acceptors (Lipinski definition) is 0. The lowest BCUT2D eigenvalue weighted by molar-refractivity contribution is 0.855. The van der Waals surface area contributed by atoms with E-state index in [1.807, 2.05) is 6.42 Å². The molecule has 0 atom stereocenters. The third kappa shape index (κ3) is 1.50. The van der Waals surface area contributed by atoms with Crippen LogP contribution in [0.15, 0.2) is 0 Å². The third-order valence-electron chi connectivity index (χ3n) is 1.16. The molecular weight excluding hydrogens is 131 g/mol. The fourth-order valence-electron chi connectivity index (χ4n) is 0.753. The molecule has 2 heteroatoms. The van der Waals surface area contributed by atoms with Crippen LogP contribution < -0.4 is 0 Å². The summed E-state index contributed by atoms with van der Waals surface area (Å²) < 4.78 is -0.486. The van der Waals surface area contributed by atoms with E-state index < -0.39 is 4.33 Å². The standard InChI is InChI=1S/C5H7Cl2/c6-5(7)3-1-2-4-5/h3H,1-2,4H2. The summed E-state index contributed by atoms with van der Waals surface area (Å²) in [5.74, 6) is 0. The van der Waals surface area contributed by atoms with Crippen LogP contribution in [0.4, 0.5) is 0 Å². The van der Waals surface area contributed by atoms with E-state index in [2.05, 4.69) is 0 Å². The highest BCUT2D eigenvalue weighted by Gasteiger charge is 2.28. The van der Waals surface area contributed by atoms with Crippen molar-refractivity contribution in [1.29, 1.82) is 0 Å². The first-order valence-corrected chi connectivity index (χ1v) is 3.18. The predicted molar refractivity (Wildman–Crippen MR) is 32.6 cm³/mol. The molecule has 1 rings (SSSR count). The van der Waals surface area contributed by atoms with Gasteiger partial charge in [-0.2, -0.15) is 0 Å². The Morgan fingerprint density at radius 2 is 2.14 bits per heavy atom. The monoisotopic (exact) mass is 137 g/mol. The Hall–Kier alpha value is 0.580. The van der Waals surface area contributed by atoms with E-state index in [0.717, 1.165) is 19.3 Å². The third-order valence-corrected chi connectivity index (χ3v) is 1.84. The minimum atomic E-state index is -0.486. The van der Waals surface area contributed by atoms with Gasteiger partial charge in [0.05, 0.1) is 0 Å². The van der Waals surface area contributed by atoms with Crippen LogP contribution in [0.25, 0.3) is 0 Å². The van der Waals surface area contributed by atoms with Crippen LogP contribution in [0.5, 0.6) is 0 Å². The minimum absolute atomic E-state index is 0.486. The molecule has 41 valence electrons. The summed E-state index contributed by atoms with van der Waals surface area (Å²) >= 11 is 11.4. The molecule has 1 fully saturated rings. The normalized spacial score (nSPS) is 28.3. The van der Waals surface area contributed by atoms with E-state index in [-0.39, 0.29) is 0 Å². The Bertz CT molecular complexity index is 60.5. The van der Waals surface area contributed by atoms with Gasteiger partial charge in [-0.1, -0.05) is 6.42 Å². The van der Waals surface area contributed by atoms with Gasteiger partial charge in [0.1, 0.15) is 4.33 Å². The molecule has 0 spiro atoms. The Kier molecular flexibility index (Phi) is 1.49. The van der Waals surface area contributed by atoms with Gasteiger partial charge in [-0.25, -0.2) is 0 Å². The van der Waals surface area contributed by atoms with E-state index in [9.17, 15) is 0 Å². The van der Waals surface area contributed by atoms with Gasteiger partial charge in [0, 0.05) is 0 Å². The highest BCUT2D eigenvalue weighted by Crippen LogP contribution is 2.37. The molecule has 7 heavy (non-hydrogen) atoms. The predicted octanol–water partition coefficient (Wildman–Crippen LogP) is 2.55. The molecule has 1 saturated carbocycles. The first kappa shape index (κ1) is 5.71. The molecule has 0 nitrogen and oxygen atoms in total. The first-order chi connectivity index (χ1) is 3.21. The smallest absolute Gasteiger partial charge is 0.101 e. The van der Waals surface area contributed by atoms with Gasteiger partial charge in [0.25, 0.3) is 0 Å². The van der Waals surface area contributed by atoms with Crippen LogP contribution in [0.1, 0.15) is 19.3 Å². The highest BCUT2D eigenvalue weighted by atomic mass is 35.5. The zero-order valence-electron chi connectivity index (χ0n) is 3.95. The summed E-state index contributed by atoms with van der Waals surface area (Å²) in [6, 6.07) is 0. The molecule has 0 amide bonds. The van der Waals surface area contributed by atoms with Gasteiger partial charge >= 0.3 is 0 Å². The molecule has 0 heterocycles. The topological polar surface area (TPSA) is 0 Å². The Morgan fingerprint density at radius 3 is 2.29 bits per heavy atom. The quantitative estimate of drug-likeness (QED) is 0.451. The SMILES string of the molecule is ClC1(Cl)[CH]CCC1. The second-order valence-electron chi connectivity index (χ2n) is 1.86. The van der Waals surface area contributed by atoms with E-state index in [4.69, 9.17) is 23.2 Å². The number of halogens is 2. The minimum Gasteiger partial charge on any atom is -0.101 e. The molecule has 1 aliphatic rings. The summed E-state index contributed by atoms with van der Waals surface area (Å²) in [7, 11) is 0. The lowest BCUT2D eigenvalue weighted by Gasteiger charge is -2.06. The molecular formula is C5H7Cl2. The molecule has 0 N–H and O–H groups in total. The van der Waals surface area contributed by atoms with Crippen molar-refractivity contribution < 1.29 is 0 Å². The summed E-state index contributed by atoms with van der Waals surface area (Å²) in [6.07, 6.45) is 5.10. The van der Waals surface area contributed by atoms with E-state index in [1.54, 1.807) is 0 Å². The lowest BCUT2D eigenvalue weighted by atomic mass is 10.4. The van der Waals surface area contributed by atoms with Crippen LogP contribution in [0, 0.1) is 6.42 Å². The molecule has 1 radical (unpaired) electrons. The van der Waals surface area contributed by atoms with Crippen LogP contribution in [-0.2, 0) is 0 Å². The fourth-order valence-corrected chi connectivity index (χ4v) is 1.24. The van der Waals surface area contributed by atoms with Gasteiger partial charge < -0.3 is 0 Å². The highest BCUT2D eigenvalue weighted by molar-refractivity contribution is 6.49. The molecule has 0 unspecified atom stereocenters. The average Bonchev–Trinajstić information content (AvgIpc) is 1.84. The Morgan fingerprint density at radius 1 is 1.43 bits per heavy atom. The Labute approximate surface area is 53.8 Å². The maximum absolute atomic E-state index is 5.68. The Balaban J connectivity index is 2.40. The van der Waals surface area contributed by atoms with Crippen molar-refractivity contribution >= 4 is 23.2 Å². The molecule has 0 bridgehead atoms. The zero-order chi connectivity index (χ0) is 5.33. The second-order valence-corrected chi connectivity index (χ2v) is 3.40. The van der Waals surface area contributed by atoms with Crippen molar-refractivity contribution in [3.63, 3.8) is 0 Å². The number of rotatable bonds is 0. The molecule has 0 aromatic rings. The van der Waals surface area contributed by atoms with E-state index in [1.165, 1.54) is 0 Å². The van der Waals surface area contributed by atoms with E-state index >= 15 is 0 Å². The molecule has 0 aromatic heterocycles. The summed E-state index contributed by atoms with van der Waals surface area (Å²) in [6.45, 7) is 0. The fraction of sp³-hybridized carbons (Fsp3) is 0.800. The largest absolute Gasteiger partial charge is 0.121 e. The van der Waals surface area contributed by atoms with Gasteiger partial charge in [-0.05, 0) is 19.3 Å². The van der Waals surface area contributed by atoms with Crippen molar-refractivity contribution in [3.8, 4) is 0 Å². The average molecular weight is 138 g/mol. The number of hydrogen-bond donors (Lipinski definition) is 0. The molecule has 1 aliphatic carbocycles. The van der Waals surface area contributed by atoms with Crippen LogP contribution in [0.3, 0.4) is 0 Å². The van der Waals surface area contributed by atoms with Crippen LogP contribution in [-0.4, -0.2) is 4.33 Å². The maximum Gasteiger partial charge on any atom is 0.121 e. The molecule has 0 aliphatic heterocycles. The molecule has 0 aromatic carbocycles. The summed E-state index contributed by atoms with van der Waals surface area (Å²) in [5, 5.41) is 0. The van der Waals surface area contributed by atoms with Crippen molar-refractivity contribution in [3.05, 3.63) is 6.42 Å². The van der Waals surface area contributed by atoms with Crippen LogP contribution >= 0.6 is 23.2 Å². The van der Waals surface area contributed by atoms with Crippen molar-refractivity contribution in [2.75, 3.05) is 0 Å².